The molecule has 0 saturated carbocycles. The van der Waals surface area contributed by atoms with Crippen LogP contribution in [0.2, 0.25) is 0 Å². The Morgan fingerprint density at radius 1 is 1.07 bits per heavy atom. The minimum Gasteiger partial charge on any atom is -0.346 e. The van der Waals surface area contributed by atoms with E-state index in [4.69, 9.17) is 0 Å². The first kappa shape index (κ1) is 19.4. The van der Waals surface area contributed by atoms with Crippen LogP contribution in [0.3, 0.4) is 0 Å². The van der Waals surface area contributed by atoms with Crippen molar-refractivity contribution in [3.05, 3.63) is 59.7 Å². The van der Waals surface area contributed by atoms with E-state index in [0.717, 1.165) is 26.8 Å². The summed E-state index contributed by atoms with van der Waals surface area (Å²) >= 11 is 3.34. The molecule has 0 aliphatic carbocycles. The number of aromatic amines is 1. The lowest BCUT2D eigenvalue weighted by Crippen LogP contribution is -2.39. The van der Waals surface area contributed by atoms with Gasteiger partial charge in [0.05, 0.1) is 22.8 Å². The normalized spacial score (nSPS) is 16.3. The van der Waals surface area contributed by atoms with E-state index >= 15 is 0 Å². The summed E-state index contributed by atoms with van der Waals surface area (Å²) in [4.78, 5) is 12.1. The lowest BCUT2D eigenvalue weighted by molar-refractivity contribution is 0.261. The van der Waals surface area contributed by atoms with Crippen molar-refractivity contribution in [2.24, 2.45) is 0 Å². The number of halogens is 1. The van der Waals surface area contributed by atoms with Crippen molar-refractivity contribution < 1.29 is 8.42 Å². The molecule has 154 valence electrons. The van der Waals surface area contributed by atoms with Gasteiger partial charge < -0.3 is 4.98 Å². The molecule has 1 aliphatic rings. The number of piperidine rings is 1. The Hall–Kier alpha value is -2.56. The summed E-state index contributed by atoms with van der Waals surface area (Å²) in [5.41, 5.74) is 2.55. The molecule has 0 unspecified atom stereocenters. The second kappa shape index (κ2) is 7.60. The van der Waals surface area contributed by atoms with Crippen LogP contribution in [0, 0.1) is 0 Å². The number of aromatic nitrogens is 5. The van der Waals surface area contributed by atoms with Crippen LogP contribution in [0.15, 0.2) is 64.6 Å². The molecule has 1 N–H and O–H groups in total. The van der Waals surface area contributed by atoms with Gasteiger partial charge in [0, 0.05) is 40.9 Å². The average Bonchev–Trinajstić information content (AvgIpc) is 3.44. The zero-order valence-corrected chi connectivity index (χ0v) is 18.3. The largest absolute Gasteiger partial charge is 0.346 e. The molecule has 1 saturated heterocycles. The molecule has 3 aromatic heterocycles. The van der Waals surface area contributed by atoms with Gasteiger partial charge in [0.2, 0.25) is 10.0 Å². The molecule has 0 atom stereocenters. The molecule has 1 aromatic carbocycles. The molecule has 8 nitrogen and oxygen atoms in total. The van der Waals surface area contributed by atoms with Crippen molar-refractivity contribution >= 4 is 37.0 Å². The maximum absolute atomic E-state index is 12.9. The van der Waals surface area contributed by atoms with Crippen molar-refractivity contribution in [2.75, 3.05) is 13.1 Å². The zero-order chi connectivity index (χ0) is 20.7. The molecule has 0 amide bonds. The Balaban J connectivity index is 1.32. The molecule has 0 bridgehead atoms. The maximum Gasteiger partial charge on any atom is 0.243 e. The molecular weight excluding hydrogens is 468 g/mol. The summed E-state index contributed by atoms with van der Waals surface area (Å²) in [7, 11) is -3.48. The third kappa shape index (κ3) is 3.44. The first-order valence-corrected chi connectivity index (χ1v) is 11.8. The van der Waals surface area contributed by atoms with Crippen molar-refractivity contribution in [1.82, 2.24) is 29.0 Å². The van der Waals surface area contributed by atoms with E-state index in [1.807, 2.05) is 23.1 Å². The number of fused-ring (bicyclic) bond motifs is 1. The van der Waals surface area contributed by atoms with E-state index in [1.165, 1.54) is 6.33 Å². The summed E-state index contributed by atoms with van der Waals surface area (Å²) in [6.07, 6.45) is 8.59. The molecule has 0 spiro atoms. The van der Waals surface area contributed by atoms with Gasteiger partial charge in [-0.15, -0.1) is 0 Å². The van der Waals surface area contributed by atoms with Gasteiger partial charge in [-0.2, -0.15) is 9.40 Å². The Kier molecular flexibility index (Phi) is 4.92. The fraction of sp³-hybridized carbons (Fsp3) is 0.250. The van der Waals surface area contributed by atoms with E-state index in [2.05, 4.69) is 36.0 Å². The monoisotopic (exact) mass is 486 g/mol. The third-order valence-corrected chi connectivity index (χ3v) is 7.92. The van der Waals surface area contributed by atoms with Crippen LogP contribution in [0.25, 0.3) is 22.3 Å². The van der Waals surface area contributed by atoms with E-state index < -0.39 is 10.0 Å². The first-order valence-electron chi connectivity index (χ1n) is 9.61. The molecule has 30 heavy (non-hydrogen) atoms. The van der Waals surface area contributed by atoms with Crippen LogP contribution >= 0.6 is 15.9 Å². The number of benzene rings is 1. The minimum absolute atomic E-state index is 0.152. The fourth-order valence-corrected chi connectivity index (χ4v) is 5.60. The summed E-state index contributed by atoms with van der Waals surface area (Å²) in [6, 6.07) is 8.87. The number of nitrogens with one attached hydrogen (secondary N) is 1. The van der Waals surface area contributed by atoms with Crippen LogP contribution < -0.4 is 0 Å². The van der Waals surface area contributed by atoms with Gasteiger partial charge in [0.15, 0.2) is 0 Å². The highest BCUT2D eigenvalue weighted by Gasteiger charge is 2.30. The van der Waals surface area contributed by atoms with Crippen molar-refractivity contribution in [1.29, 1.82) is 0 Å². The number of sulfonamides is 1. The van der Waals surface area contributed by atoms with Gasteiger partial charge in [-0.3, -0.25) is 4.68 Å². The molecule has 4 aromatic rings. The van der Waals surface area contributed by atoms with E-state index in [0.29, 0.717) is 30.8 Å². The number of H-pyrrole nitrogens is 1. The summed E-state index contributed by atoms with van der Waals surface area (Å²) in [6.45, 7) is 0.932. The SMILES string of the molecule is O=S(=O)(c1ccc(Br)cc1)N1CCC(n2cc(-c3ncnc4[nH]ccc34)cn2)CC1. The van der Waals surface area contributed by atoms with E-state index in [9.17, 15) is 8.42 Å². The maximum atomic E-state index is 12.9. The van der Waals surface area contributed by atoms with Crippen LogP contribution in [0.4, 0.5) is 0 Å². The molecule has 1 fully saturated rings. The molecule has 4 heterocycles. The third-order valence-electron chi connectivity index (χ3n) is 5.48. The molecule has 1 aliphatic heterocycles. The van der Waals surface area contributed by atoms with E-state index in [1.54, 1.807) is 34.8 Å². The van der Waals surface area contributed by atoms with Crippen molar-refractivity contribution in [3.8, 4) is 11.3 Å². The summed E-state index contributed by atoms with van der Waals surface area (Å²) in [5, 5.41) is 5.49. The predicted molar refractivity (Wildman–Crippen MR) is 116 cm³/mol. The van der Waals surface area contributed by atoms with Crippen molar-refractivity contribution in [2.45, 2.75) is 23.8 Å². The molecule has 5 rings (SSSR count). The summed E-state index contributed by atoms with van der Waals surface area (Å²) < 4.78 is 30.1. The molecule has 0 radical (unpaired) electrons. The van der Waals surface area contributed by atoms with Gasteiger partial charge in [-0.25, -0.2) is 18.4 Å². The first-order chi connectivity index (χ1) is 14.5. The number of nitrogens with zero attached hydrogens (tertiary/aromatic N) is 5. The second-order valence-corrected chi connectivity index (χ2v) is 10.1. The van der Waals surface area contributed by atoms with Crippen LogP contribution in [0.5, 0.6) is 0 Å². The lowest BCUT2D eigenvalue weighted by atomic mass is 10.1. The summed E-state index contributed by atoms with van der Waals surface area (Å²) in [5.74, 6) is 0. The Labute approximate surface area is 182 Å². The molecular formula is C20H19BrN6O2S. The fourth-order valence-electron chi connectivity index (χ4n) is 3.87. The number of rotatable bonds is 4. The van der Waals surface area contributed by atoms with Crippen LogP contribution in [0.1, 0.15) is 18.9 Å². The average molecular weight is 487 g/mol. The highest BCUT2D eigenvalue weighted by atomic mass is 79.9. The van der Waals surface area contributed by atoms with Crippen molar-refractivity contribution in [3.63, 3.8) is 0 Å². The Morgan fingerprint density at radius 3 is 2.60 bits per heavy atom. The zero-order valence-electron chi connectivity index (χ0n) is 15.9. The lowest BCUT2D eigenvalue weighted by Gasteiger charge is -2.31. The second-order valence-electron chi connectivity index (χ2n) is 7.26. The van der Waals surface area contributed by atoms with Crippen LogP contribution in [-0.4, -0.2) is 50.5 Å². The number of hydrogen-bond acceptors (Lipinski definition) is 5. The van der Waals surface area contributed by atoms with Gasteiger partial charge in [-0.05, 0) is 43.2 Å². The van der Waals surface area contributed by atoms with Gasteiger partial charge in [0.1, 0.15) is 12.0 Å². The van der Waals surface area contributed by atoms with Gasteiger partial charge >= 0.3 is 0 Å². The predicted octanol–water partition coefficient (Wildman–Crippen LogP) is 3.61. The topological polar surface area (TPSA) is 96.8 Å². The molecule has 10 heteroatoms. The van der Waals surface area contributed by atoms with Gasteiger partial charge in [0.25, 0.3) is 0 Å². The highest BCUT2D eigenvalue weighted by Crippen LogP contribution is 2.30. The number of hydrogen-bond donors (Lipinski definition) is 1. The quantitative estimate of drug-likeness (QED) is 0.475. The standard InChI is InChI=1S/C20H19BrN6O2S/c21-15-1-3-17(4-2-15)30(28,29)26-9-6-16(7-10-26)27-12-14(11-25-27)19-18-5-8-22-20(18)24-13-23-19/h1-5,8,11-13,16H,6-7,9-10H2,(H,22,23,24). The van der Waals surface area contributed by atoms with Gasteiger partial charge in [-0.1, -0.05) is 15.9 Å². The van der Waals surface area contributed by atoms with Crippen LogP contribution in [-0.2, 0) is 10.0 Å². The minimum atomic E-state index is -3.48. The highest BCUT2D eigenvalue weighted by molar-refractivity contribution is 9.10. The Bertz CT molecular complexity index is 1290. The smallest absolute Gasteiger partial charge is 0.243 e. The van der Waals surface area contributed by atoms with E-state index in [-0.39, 0.29) is 6.04 Å². The Morgan fingerprint density at radius 2 is 1.83 bits per heavy atom.